The molecular formula is C16H23N5O2. The number of ether oxygens (including phenoxy) is 1. The average Bonchev–Trinajstić information content (AvgIpc) is 2.79. The Morgan fingerprint density at radius 3 is 2.91 bits per heavy atom. The quantitative estimate of drug-likeness (QED) is 0.856. The van der Waals surface area contributed by atoms with Crippen LogP contribution in [0.5, 0.6) is 5.75 Å². The largest absolute Gasteiger partial charge is 0.487 e. The van der Waals surface area contributed by atoms with Crippen molar-refractivity contribution in [3.05, 3.63) is 35.8 Å². The van der Waals surface area contributed by atoms with Crippen molar-refractivity contribution >= 4 is 11.8 Å². The second-order valence-corrected chi connectivity index (χ2v) is 5.34. The first kappa shape index (κ1) is 16.8. The fourth-order valence-electron chi connectivity index (χ4n) is 2.36. The lowest BCUT2D eigenvalue weighted by molar-refractivity contribution is 0.211. The van der Waals surface area contributed by atoms with Crippen LogP contribution in [-0.2, 0) is 13.5 Å². The van der Waals surface area contributed by atoms with E-state index in [9.17, 15) is 4.79 Å². The van der Waals surface area contributed by atoms with Crippen molar-refractivity contribution in [3.8, 4) is 5.75 Å². The molecule has 0 saturated carbocycles. The third-order valence-electron chi connectivity index (χ3n) is 3.45. The van der Waals surface area contributed by atoms with E-state index in [1.807, 2.05) is 33.9 Å². The molecule has 0 aromatic carbocycles. The van der Waals surface area contributed by atoms with Gasteiger partial charge in [-0.05, 0) is 32.4 Å². The van der Waals surface area contributed by atoms with E-state index in [0.29, 0.717) is 12.3 Å². The molecule has 0 fully saturated rings. The molecule has 2 heterocycles. The van der Waals surface area contributed by atoms with Crippen molar-refractivity contribution in [2.75, 3.05) is 11.9 Å². The van der Waals surface area contributed by atoms with Crippen LogP contribution in [0.2, 0.25) is 0 Å². The molecule has 0 aliphatic heterocycles. The SMILES string of the molecule is CCc1c(C)nn(C)c1NC(=O)NCC(C)Oc1cccnc1. The predicted molar refractivity (Wildman–Crippen MR) is 88.7 cm³/mol. The lowest BCUT2D eigenvalue weighted by Gasteiger charge is -2.15. The second kappa shape index (κ2) is 7.62. The Bertz CT molecular complexity index is 654. The molecule has 1 unspecified atom stereocenters. The molecule has 2 N–H and O–H groups in total. The van der Waals surface area contributed by atoms with Crippen LogP contribution in [0.25, 0.3) is 0 Å². The maximum atomic E-state index is 12.1. The topological polar surface area (TPSA) is 81.1 Å². The van der Waals surface area contributed by atoms with Gasteiger partial charge in [0.15, 0.2) is 0 Å². The molecule has 7 nitrogen and oxygen atoms in total. The van der Waals surface area contributed by atoms with E-state index in [1.54, 1.807) is 23.1 Å². The first-order valence-corrected chi connectivity index (χ1v) is 7.65. The van der Waals surface area contributed by atoms with Gasteiger partial charge in [0.1, 0.15) is 17.7 Å². The summed E-state index contributed by atoms with van der Waals surface area (Å²) >= 11 is 0. The third kappa shape index (κ3) is 4.45. The molecule has 23 heavy (non-hydrogen) atoms. The van der Waals surface area contributed by atoms with Crippen LogP contribution in [0.15, 0.2) is 24.5 Å². The number of aryl methyl sites for hydroxylation is 2. The summed E-state index contributed by atoms with van der Waals surface area (Å²) in [7, 11) is 1.82. The van der Waals surface area contributed by atoms with Gasteiger partial charge in [0.25, 0.3) is 0 Å². The van der Waals surface area contributed by atoms with Gasteiger partial charge in [-0.1, -0.05) is 6.92 Å². The van der Waals surface area contributed by atoms with E-state index in [2.05, 4.69) is 20.7 Å². The first-order valence-electron chi connectivity index (χ1n) is 7.65. The number of urea groups is 1. The maximum absolute atomic E-state index is 12.1. The van der Waals surface area contributed by atoms with Crippen LogP contribution in [-0.4, -0.2) is 33.4 Å². The summed E-state index contributed by atoms with van der Waals surface area (Å²) in [6.45, 7) is 6.25. The van der Waals surface area contributed by atoms with Crippen molar-refractivity contribution in [1.82, 2.24) is 20.1 Å². The van der Waals surface area contributed by atoms with E-state index in [0.717, 1.165) is 23.5 Å². The van der Waals surface area contributed by atoms with Crippen LogP contribution >= 0.6 is 0 Å². The molecule has 0 spiro atoms. The molecule has 0 radical (unpaired) electrons. The van der Waals surface area contributed by atoms with Gasteiger partial charge in [0.2, 0.25) is 0 Å². The summed E-state index contributed by atoms with van der Waals surface area (Å²) < 4.78 is 7.35. The first-order chi connectivity index (χ1) is 11.0. The van der Waals surface area contributed by atoms with Gasteiger partial charge >= 0.3 is 6.03 Å². The Morgan fingerprint density at radius 2 is 2.26 bits per heavy atom. The van der Waals surface area contributed by atoms with Gasteiger partial charge in [-0.3, -0.25) is 15.0 Å². The normalized spacial score (nSPS) is 11.8. The Morgan fingerprint density at radius 1 is 1.48 bits per heavy atom. The van der Waals surface area contributed by atoms with Crippen LogP contribution < -0.4 is 15.4 Å². The third-order valence-corrected chi connectivity index (χ3v) is 3.45. The highest BCUT2D eigenvalue weighted by Crippen LogP contribution is 2.18. The molecule has 0 aliphatic rings. The number of carbonyl (C=O) groups excluding carboxylic acids is 1. The molecule has 124 valence electrons. The van der Waals surface area contributed by atoms with Gasteiger partial charge in [-0.2, -0.15) is 5.10 Å². The zero-order valence-corrected chi connectivity index (χ0v) is 14.0. The summed E-state index contributed by atoms with van der Waals surface area (Å²) in [4.78, 5) is 16.1. The highest BCUT2D eigenvalue weighted by molar-refractivity contribution is 5.89. The second-order valence-electron chi connectivity index (χ2n) is 5.34. The highest BCUT2D eigenvalue weighted by Gasteiger charge is 2.14. The fourth-order valence-corrected chi connectivity index (χ4v) is 2.36. The summed E-state index contributed by atoms with van der Waals surface area (Å²) in [6, 6.07) is 3.36. The number of rotatable bonds is 6. The van der Waals surface area contributed by atoms with E-state index < -0.39 is 0 Å². The number of hydrogen-bond donors (Lipinski definition) is 2. The smallest absolute Gasteiger partial charge is 0.320 e. The van der Waals surface area contributed by atoms with Gasteiger partial charge < -0.3 is 10.1 Å². The van der Waals surface area contributed by atoms with Gasteiger partial charge in [-0.25, -0.2) is 4.79 Å². The zero-order chi connectivity index (χ0) is 16.8. The van der Waals surface area contributed by atoms with Gasteiger partial charge in [0, 0.05) is 18.8 Å². The van der Waals surface area contributed by atoms with Crippen molar-refractivity contribution in [3.63, 3.8) is 0 Å². The van der Waals surface area contributed by atoms with E-state index in [-0.39, 0.29) is 12.1 Å². The molecule has 2 aromatic rings. The molecule has 2 amide bonds. The molecule has 0 saturated heterocycles. The Labute approximate surface area is 136 Å². The zero-order valence-electron chi connectivity index (χ0n) is 14.0. The van der Waals surface area contributed by atoms with Gasteiger partial charge in [0.05, 0.1) is 18.4 Å². The lowest BCUT2D eigenvalue weighted by atomic mass is 10.2. The average molecular weight is 317 g/mol. The van der Waals surface area contributed by atoms with Crippen molar-refractivity contribution in [2.45, 2.75) is 33.3 Å². The molecule has 1 atom stereocenters. The Kier molecular flexibility index (Phi) is 5.56. The van der Waals surface area contributed by atoms with E-state index in [1.165, 1.54) is 0 Å². The van der Waals surface area contributed by atoms with Gasteiger partial charge in [-0.15, -0.1) is 0 Å². The van der Waals surface area contributed by atoms with Crippen LogP contribution in [0, 0.1) is 6.92 Å². The minimum Gasteiger partial charge on any atom is -0.487 e. The van der Waals surface area contributed by atoms with E-state index in [4.69, 9.17) is 4.74 Å². The molecule has 2 aromatic heterocycles. The minimum atomic E-state index is -0.274. The van der Waals surface area contributed by atoms with Crippen molar-refractivity contribution < 1.29 is 9.53 Å². The molecular weight excluding hydrogens is 294 g/mol. The number of nitrogens with one attached hydrogen (secondary N) is 2. The summed E-state index contributed by atoms with van der Waals surface area (Å²) in [5.74, 6) is 1.40. The van der Waals surface area contributed by atoms with E-state index >= 15 is 0 Å². The van der Waals surface area contributed by atoms with Crippen molar-refractivity contribution in [2.24, 2.45) is 7.05 Å². The monoisotopic (exact) mass is 317 g/mol. The number of aromatic nitrogens is 3. The standard InChI is InChI=1S/C16H23N5O2/c1-5-14-12(3)20-21(4)15(14)19-16(22)18-9-11(2)23-13-7-6-8-17-10-13/h6-8,10-11H,5,9H2,1-4H3,(H2,18,19,22). The predicted octanol–water partition coefficient (Wildman–Crippen LogP) is 2.27. The number of anilines is 1. The molecule has 7 heteroatoms. The molecule has 0 aliphatic carbocycles. The Hall–Kier alpha value is -2.57. The summed E-state index contributed by atoms with van der Waals surface area (Å²) in [5, 5.41) is 9.98. The minimum absolute atomic E-state index is 0.163. The summed E-state index contributed by atoms with van der Waals surface area (Å²) in [6.07, 6.45) is 3.98. The van der Waals surface area contributed by atoms with Crippen LogP contribution in [0.4, 0.5) is 10.6 Å². The highest BCUT2D eigenvalue weighted by atomic mass is 16.5. The number of nitrogens with zero attached hydrogens (tertiary/aromatic N) is 3. The number of carbonyl (C=O) groups is 1. The molecule has 0 bridgehead atoms. The number of hydrogen-bond acceptors (Lipinski definition) is 4. The lowest BCUT2D eigenvalue weighted by Crippen LogP contribution is -2.37. The Balaban J connectivity index is 1.86. The van der Waals surface area contributed by atoms with Crippen LogP contribution in [0.1, 0.15) is 25.1 Å². The molecule has 2 rings (SSSR count). The maximum Gasteiger partial charge on any atom is 0.320 e. The van der Waals surface area contributed by atoms with Crippen LogP contribution in [0.3, 0.4) is 0 Å². The summed E-state index contributed by atoms with van der Waals surface area (Å²) in [5.41, 5.74) is 1.97. The number of amides is 2. The van der Waals surface area contributed by atoms with Crippen molar-refractivity contribution in [1.29, 1.82) is 0 Å². The fraction of sp³-hybridized carbons (Fsp3) is 0.438. The number of pyridine rings is 1.